The number of aromatic nitrogens is 1. The van der Waals surface area contributed by atoms with Crippen LogP contribution in [-0.2, 0) is 10.0 Å². The van der Waals surface area contributed by atoms with Crippen LogP contribution >= 0.6 is 0 Å². The van der Waals surface area contributed by atoms with Crippen LogP contribution in [0.4, 0.5) is 11.4 Å². The zero-order valence-electron chi connectivity index (χ0n) is 11.4. The average molecular weight is 291 g/mol. The second-order valence-corrected chi connectivity index (χ2v) is 5.97. The van der Waals surface area contributed by atoms with Gasteiger partial charge in [-0.3, -0.25) is 9.71 Å². The Balaban J connectivity index is 2.39. The largest absolute Gasteiger partial charge is 0.384 e. The second kappa shape index (κ2) is 5.92. The van der Waals surface area contributed by atoms with E-state index in [4.69, 9.17) is 0 Å². The summed E-state index contributed by atoms with van der Waals surface area (Å²) in [5.41, 5.74) is 1.90. The highest BCUT2D eigenvalue weighted by atomic mass is 32.2. The third-order valence-corrected chi connectivity index (χ3v) is 4.25. The number of sulfonamides is 1. The summed E-state index contributed by atoms with van der Waals surface area (Å²) < 4.78 is 27.5. The van der Waals surface area contributed by atoms with E-state index in [1.807, 2.05) is 13.8 Å². The fraction of sp³-hybridized carbons (Fsp3) is 0.214. The van der Waals surface area contributed by atoms with E-state index in [2.05, 4.69) is 15.0 Å². The molecule has 2 rings (SSSR count). The Hall–Kier alpha value is -2.08. The number of aryl methyl sites for hydroxylation is 1. The molecule has 0 bridgehead atoms. The van der Waals surface area contributed by atoms with Crippen LogP contribution in [0.25, 0.3) is 0 Å². The van der Waals surface area contributed by atoms with Gasteiger partial charge in [0.05, 0.1) is 17.6 Å². The Morgan fingerprint density at radius 3 is 2.60 bits per heavy atom. The quantitative estimate of drug-likeness (QED) is 0.888. The molecular formula is C14H17N3O2S. The van der Waals surface area contributed by atoms with Gasteiger partial charge in [0, 0.05) is 12.7 Å². The highest BCUT2D eigenvalue weighted by Crippen LogP contribution is 2.24. The summed E-state index contributed by atoms with van der Waals surface area (Å²) in [6, 6.07) is 8.58. The molecule has 0 saturated heterocycles. The molecule has 1 aromatic heterocycles. The number of anilines is 2. The standard InChI is InChI=1S/C14H17N3O2S/c1-3-16-12-6-4-5-7-14(12)20(18,19)17-13-10-15-9-8-11(13)2/h4-10,16-17H,3H2,1-2H3. The first-order valence-electron chi connectivity index (χ1n) is 6.31. The molecule has 0 spiro atoms. The lowest BCUT2D eigenvalue weighted by Crippen LogP contribution is -2.16. The average Bonchev–Trinajstić information content (AvgIpc) is 2.42. The minimum Gasteiger partial charge on any atom is -0.384 e. The van der Waals surface area contributed by atoms with E-state index < -0.39 is 10.0 Å². The van der Waals surface area contributed by atoms with Crippen LogP contribution in [0.3, 0.4) is 0 Å². The van der Waals surface area contributed by atoms with Gasteiger partial charge < -0.3 is 5.32 Å². The summed E-state index contributed by atoms with van der Waals surface area (Å²) in [7, 11) is -3.64. The molecule has 2 aromatic rings. The number of hydrogen-bond donors (Lipinski definition) is 2. The smallest absolute Gasteiger partial charge is 0.264 e. The fourth-order valence-corrected chi connectivity index (χ4v) is 3.11. The van der Waals surface area contributed by atoms with Crippen molar-refractivity contribution in [1.82, 2.24) is 4.98 Å². The van der Waals surface area contributed by atoms with Gasteiger partial charge in [-0.15, -0.1) is 0 Å². The third kappa shape index (κ3) is 3.08. The molecule has 0 aliphatic carbocycles. The van der Waals surface area contributed by atoms with Gasteiger partial charge >= 0.3 is 0 Å². The lowest BCUT2D eigenvalue weighted by molar-refractivity contribution is 0.601. The van der Waals surface area contributed by atoms with E-state index >= 15 is 0 Å². The Labute approximate surface area is 119 Å². The highest BCUT2D eigenvalue weighted by Gasteiger charge is 2.18. The van der Waals surface area contributed by atoms with Crippen molar-refractivity contribution in [2.45, 2.75) is 18.7 Å². The molecule has 20 heavy (non-hydrogen) atoms. The number of nitrogens with one attached hydrogen (secondary N) is 2. The van der Waals surface area contributed by atoms with Crippen LogP contribution in [0.15, 0.2) is 47.6 Å². The molecular weight excluding hydrogens is 274 g/mol. The zero-order valence-corrected chi connectivity index (χ0v) is 12.2. The van der Waals surface area contributed by atoms with E-state index in [0.717, 1.165) is 5.56 Å². The Morgan fingerprint density at radius 2 is 1.90 bits per heavy atom. The lowest BCUT2D eigenvalue weighted by atomic mass is 10.3. The van der Waals surface area contributed by atoms with Crippen LogP contribution in [0.5, 0.6) is 0 Å². The van der Waals surface area contributed by atoms with Crippen LogP contribution in [0.2, 0.25) is 0 Å². The van der Waals surface area contributed by atoms with Gasteiger partial charge in [0.25, 0.3) is 10.0 Å². The molecule has 0 atom stereocenters. The van der Waals surface area contributed by atoms with Crippen molar-refractivity contribution in [2.75, 3.05) is 16.6 Å². The van der Waals surface area contributed by atoms with Crippen molar-refractivity contribution in [2.24, 2.45) is 0 Å². The Morgan fingerprint density at radius 1 is 1.15 bits per heavy atom. The maximum atomic E-state index is 12.5. The van der Waals surface area contributed by atoms with Gasteiger partial charge in [0.2, 0.25) is 0 Å². The molecule has 1 heterocycles. The van der Waals surface area contributed by atoms with Gasteiger partial charge in [-0.25, -0.2) is 8.42 Å². The van der Waals surface area contributed by atoms with E-state index in [1.165, 1.54) is 6.20 Å². The summed E-state index contributed by atoms with van der Waals surface area (Å²) in [6.07, 6.45) is 3.13. The predicted molar refractivity (Wildman–Crippen MR) is 80.4 cm³/mol. The van der Waals surface area contributed by atoms with E-state index in [-0.39, 0.29) is 4.90 Å². The number of para-hydroxylation sites is 1. The number of nitrogens with zero attached hydrogens (tertiary/aromatic N) is 1. The van der Waals surface area contributed by atoms with Crippen molar-refractivity contribution in [3.8, 4) is 0 Å². The van der Waals surface area contributed by atoms with Crippen molar-refractivity contribution in [3.05, 3.63) is 48.3 Å². The van der Waals surface area contributed by atoms with Crippen molar-refractivity contribution >= 4 is 21.4 Å². The van der Waals surface area contributed by atoms with Gasteiger partial charge in [0.15, 0.2) is 0 Å². The van der Waals surface area contributed by atoms with Gasteiger partial charge in [-0.1, -0.05) is 12.1 Å². The number of pyridine rings is 1. The van der Waals surface area contributed by atoms with Crippen LogP contribution in [0, 0.1) is 6.92 Å². The SMILES string of the molecule is CCNc1ccccc1S(=O)(=O)Nc1cnccc1C. The van der Waals surface area contributed by atoms with Crippen LogP contribution in [-0.4, -0.2) is 19.9 Å². The first-order chi connectivity index (χ1) is 9.54. The third-order valence-electron chi connectivity index (χ3n) is 2.83. The van der Waals surface area contributed by atoms with Crippen molar-refractivity contribution in [3.63, 3.8) is 0 Å². The summed E-state index contributed by atoms with van der Waals surface area (Å²) in [6.45, 7) is 4.40. The topological polar surface area (TPSA) is 71.1 Å². The molecule has 0 amide bonds. The van der Waals surface area contributed by atoms with E-state index in [0.29, 0.717) is 17.9 Å². The molecule has 0 unspecified atom stereocenters. The molecule has 0 saturated carbocycles. The molecule has 0 radical (unpaired) electrons. The first-order valence-corrected chi connectivity index (χ1v) is 7.79. The van der Waals surface area contributed by atoms with Crippen molar-refractivity contribution in [1.29, 1.82) is 0 Å². The normalized spacial score (nSPS) is 11.1. The summed E-state index contributed by atoms with van der Waals surface area (Å²) in [5.74, 6) is 0. The molecule has 0 aliphatic heterocycles. The number of hydrogen-bond acceptors (Lipinski definition) is 4. The number of rotatable bonds is 5. The highest BCUT2D eigenvalue weighted by molar-refractivity contribution is 7.92. The van der Waals surface area contributed by atoms with Crippen LogP contribution in [0.1, 0.15) is 12.5 Å². The molecule has 106 valence electrons. The second-order valence-electron chi connectivity index (χ2n) is 4.32. The Bertz CT molecular complexity index is 699. The maximum Gasteiger partial charge on any atom is 0.264 e. The zero-order chi connectivity index (χ0) is 14.6. The summed E-state index contributed by atoms with van der Waals surface area (Å²) in [5, 5.41) is 3.05. The maximum absolute atomic E-state index is 12.5. The van der Waals surface area contributed by atoms with Crippen molar-refractivity contribution < 1.29 is 8.42 Å². The van der Waals surface area contributed by atoms with Gasteiger partial charge in [-0.2, -0.15) is 0 Å². The molecule has 0 aliphatic rings. The lowest BCUT2D eigenvalue weighted by Gasteiger charge is -2.13. The number of benzene rings is 1. The monoisotopic (exact) mass is 291 g/mol. The fourth-order valence-electron chi connectivity index (χ4n) is 1.81. The van der Waals surface area contributed by atoms with Gasteiger partial charge in [0.1, 0.15) is 4.90 Å². The minimum absolute atomic E-state index is 0.227. The molecule has 1 aromatic carbocycles. The van der Waals surface area contributed by atoms with E-state index in [1.54, 1.807) is 36.5 Å². The van der Waals surface area contributed by atoms with Gasteiger partial charge in [-0.05, 0) is 37.6 Å². The Kier molecular flexibility index (Phi) is 4.24. The summed E-state index contributed by atoms with van der Waals surface area (Å²) >= 11 is 0. The van der Waals surface area contributed by atoms with Crippen LogP contribution < -0.4 is 10.0 Å². The molecule has 0 fully saturated rings. The minimum atomic E-state index is -3.64. The first kappa shape index (κ1) is 14.3. The molecule has 2 N–H and O–H groups in total. The van der Waals surface area contributed by atoms with E-state index in [9.17, 15) is 8.42 Å². The summed E-state index contributed by atoms with van der Waals surface area (Å²) in [4.78, 5) is 4.17. The predicted octanol–water partition coefficient (Wildman–Crippen LogP) is 2.62. The molecule has 5 nitrogen and oxygen atoms in total. The molecule has 6 heteroatoms.